The van der Waals surface area contributed by atoms with Crippen LogP contribution in [0.1, 0.15) is 13.8 Å². The predicted molar refractivity (Wildman–Crippen MR) is 58.1 cm³/mol. The van der Waals surface area contributed by atoms with Gasteiger partial charge in [-0.3, -0.25) is 0 Å². The van der Waals surface area contributed by atoms with Gasteiger partial charge in [-0.1, -0.05) is 0 Å². The summed E-state index contributed by atoms with van der Waals surface area (Å²) in [6.45, 7) is 4.99. The number of carbonyl (C=O) groups is 1. The number of carbonyl (C=O) groups excluding carboxylic acids is 1. The molecule has 0 spiro atoms. The number of ether oxygens (including phenoxy) is 1. The lowest BCUT2D eigenvalue weighted by Gasteiger charge is -2.40. The van der Waals surface area contributed by atoms with Crippen LogP contribution < -0.4 is 10.0 Å². The molecule has 1 fully saturated rings. The Hall–Kier alpha value is -0.860. The Kier molecular flexibility index (Phi) is 3.76. The number of nitrogens with one attached hydrogen (secondary N) is 2. The van der Waals surface area contributed by atoms with Crippen LogP contribution in [0.25, 0.3) is 0 Å². The number of rotatable bonds is 2. The van der Waals surface area contributed by atoms with Crippen molar-refractivity contribution in [3.8, 4) is 0 Å². The molecule has 1 amide bonds. The van der Waals surface area contributed by atoms with E-state index in [2.05, 4.69) is 10.1 Å². The Bertz CT molecular complexity index is 365. The summed E-state index contributed by atoms with van der Waals surface area (Å²) < 4.78 is 31.1. The molecule has 0 aromatic heterocycles. The molecule has 0 saturated carbocycles. The van der Waals surface area contributed by atoms with Gasteiger partial charge in [0.15, 0.2) is 0 Å². The van der Waals surface area contributed by atoms with Gasteiger partial charge < -0.3 is 10.1 Å². The molecule has 0 unspecified atom stereocenters. The van der Waals surface area contributed by atoms with Gasteiger partial charge in [-0.05, 0) is 13.8 Å². The van der Waals surface area contributed by atoms with E-state index in [1.165, 1.54) is 4.31 Å². The van der Waals surface area contributed by atoms with E-state index in [1.54, 1.807) is 13.8 Å². The van der Waals surface area contributed by atoms with Crippen molar-refractivity contribution in [2.75, 3.05) is 26.7 Å². The quantitative estimate of drug-likeness (QED) is 0.675. The fourth-order valence-electron chi connectivity index (χ4n) is 1.61. The smallest absolute Gasteiger partial charge is 0.421 e. The van der Waals surface area contributed by atoms with Gasteiger partial charge in [-0.15, -0.1) is 0 Å². The van der Waals surface area contributed by atoms with E-state index >= 15 is 0 Å². The van der Waals surface area contributed by atoms with E-state index in [0.29, 0.717) is 19.6 Å². The summed E-state index contributed by atoms with van der Waals surface area (Å²) in [5.74, 6) is 0. The molecule has 1 heterocycles. The van der Waals surface area contributed by atoms with Gasteiger partial charge in [0.05, 0.1) is 7.11 Å². The highest BCUT2D eigenvalue weighted by molar-refractivity contribution is 7.87. The van der Waals surface area contributed by atoms with Gasteiger partial charge in [-0.25, -0.2) is 9.52 Å². The minimum atomic E-state index is -3.83. The Morgan fingerprint density at radius 2 is 2.12 bits per heavy atom. The van der Waals surface area contributed by atoms with Crippen molar-refractivity contribution in [3.05, 3.63) is 0 Å². The maximum atomic E-state index is 11.9. The lowest BCUT2D eigenvalue weighted by atomic mass is 10.0. The first-order chi connectivity index (χ1) is 7.29. The molecule has 1 aliphatic heterocycles. The highest BCUT2D eigenvalue weighted by Crippen LogP contribution is 2.19. The van der Waals surface area contributed by atoms with Gasteiger partial charge in [0.1, 0.15) is 0 Å². The molecule has 94 valence electrons. The molecule has 0 aromatic carbocycles. The third-order valence-electron chi connectivity index (χ3n) is 2.41. The third-order valence-corrected chi connectivity index (χ3v) is 4.09. The number of hydrogen-bond acceptors (Lipinski definition) is 5. The van der Waals surface area contributed by atoms with Crippen LogP contribution in [-0.2, 0) is 14.9 Å². The first-order valence-electron chi connectivity index (χ1n) is 4.89. The van der Waals surface area contributed by atoms with Gasteiger partial charge in [-0.2, -0.15) is 12.7 Å². The molecule has 8 heteroatoms. The minimum absolute atomic E-state index is 0.319. The second kappa shape index (κ2) is 4.56. The zero-order valence-electron chi connectivity index (χ0n) is 9.61. The first-order valence-corrected chi connectivity index (χ1v) is 6.33. The summed E-state index contributed by atoms with van der Waals surface area (Å²) in [5.41, 5.74) is -0.571. The van der Waals surface area contributed by atoms with E-state index < -0.39 is 21.8 Å². The van der Waals surface area contributed by atoms with Crippen LogP contribution in [-0.4, -0.2) is 51.1 Å². The van der Waals surface area contributed by atoms with Gasteiger partial charge in [0.2, 0.25) is 0 Å². The standard InChI is InChI=1S/C8H17N3O4S/c1-8(2)6-9-4-5-11(8)16(13,14)10-7(12)15-3/h9H,4-6H2,1-3H3,(H,10,12). The average molecular weight is 251 g/mol. The SMILES string of the molecule is COC(=O)NS(=O)(=O)N1CCNCC1(C)C. The maximum absolute atomic E-state index is 11.9. The predicted octanol–water partition coefficient (Wildman–Crippen LogP) is -0.729. The van der Waals surface area contributed by atoms with Crippen LogP contribution in [0, 0.1) is 0 Å². The molecule has 0 bridgehead atoms. The highest BCUT2D eigenvalue weighted by atomic mass is 32.2. The Labute approximate surface area is 95.3 Å². The lowest BCUT2D eigenvalue weighted by Crippen LogP contribution is -2.62. The van der Waals surface area contributed by atoms with Crippen molar-refractivity contribution in [1.82, 2.24) is 14.3 Å². The highest BCUT2D eigenvalue weighted by Gasteiger charge is 2.39. The molecule has 16 heavy (non-hydrogen) atoms. The van der Waals surface area contributed by atoms with Crippen molar-refractivity contribution >= 4 is 16.3 Å². The van der Waals surface area contributed by atoms with E-state index in [1.807, 2.05) is 4.72 Å². The largest absolute Gasteiger partial charge is 0.452 e. The van der Waals surface area contributed by atoms with Crippen LogP contribution in [0.2, 0.25) is 0 Å². The molecule has 0 radical (unpaired) electrons. The normalized spacial score (nSPS) is 21.4. The molecule has 1 aliphatic rings. The summed E-state index contributed by atoms with van der Waals surface area (Å²) in [4.78, 5) is 10.9. The molecule has 0 aliphatic carbocycles. The van der Waals surface area contributed by atoms with Crippen molar-refractivity contribution in [3.63, 3.8) is 0 Å². The van der Waals surface area contributed by atoms with Crippen LogP contribution >= 0.6 is 0 Å². The summed E-state index contributed by atoms with van der Waals surface area (Å²) >= 11 is 0. The molecule has 1 rings (SSSR count). The van der Waals surface area contributed by atoms with Crippen molar-refractivity contribution in [2.24, 2.45) is 0 Å². The van der Waals surface area contributed by atoms with E-state index in [0.717, 1.165) is 7.11 Å². The van der Waals surface area contributed by atoms with Crippen LogP contribution in [0.3, 0.4) is 0 Å². The van der Waals surface area contributed by atoms with Crippen LogP contribution in [0.15, 0.2) is 0 Å². The molecular weight excluding hydrogens is 234 g/mol. The van der Waals surface area contributed by atoms with Crippen LogP contribution in [0.4, 0.5) is 4.79 Å². The zero-order valence-corrected chi connectivity index (χ0v) is 10.4. The molecule has 2 N–H and O–H groups in total. The van der Waals surface area contributed by atoms with Gasteiger partial charge >= 0.3 is 16.3 Å². The topological polar surface area (TPSA) is 87.7 Å². The zero-order chi connectivity index (χ0) is 12.4. The van der Waals surface area contributed by atoms with E-state index in [4.69, 9.17) is 0 Å². The molecule has 0 aromatic rings. The summed E-state index contributed by atoms with van der Waals surface area (Å²) in [6, 6.07) is 0. The maximum Gasteiger partial charge on any atom is 0.421 e. The van der Waals surface area contributed by atoms with Gasteiger partial charge in [0.25, 0.3) is 0 Å². The summed E-state index contributed by atoms with van der Waals surface area (Å²) in [7, 11) is -2.71. The monoisotopic (exact) mass is 251 g/mol. The summed E-state index contributed by atoms with van der Waals surface area (Å²) in [5, 5.41) is 3.09. The Morgan fingerprint density at radius 3 is 2.62 bits per heavy atom. The lowest BCUT2D eigenvalue weighted by molar-refractivity contribution is 0.168. The molecule has 1 saturated heterocycles. The second-order valence-electron chi connectivity index (χ2n) is 4.16. The number of piperazine rings is 1. The fourth-order valence-corrected chi connectivity index (χ4v) is 3.06. The number of hydrogen-bond donors (Lipinski definition) is 2. The van der Waals surface area contributed by atoms with E-state index in [9.17, 15) is 13.2 Å². The number of amides is 1. The van der Waals surface area contributed by atoms with Crippen LogP contribution in [0.5, 0.6) is 0 Å². The van der Waals surface area contributed by atoms with Crippen molar-refractivity contribution in [1.29, 1.82) is 0 Å². The third kappa shape index (κ3) is 2.83. The summed E-state index contributed by atoms with van der Waals surface area (Å²) in [6.07, 6.45) is -0.977. The fraction of sp³-hybridized carbons (Fsp3) is 0.875. The first kappa shape index (κ1) is 13.2. The Morgan fingerprint density at radius 1 is 1.50 bits per heavy atom. The van der Waals surface area contributed by atoms with E-state index in [-0.39, 0.29) is 0 Å². The Balaban J connectivity index is 2.85. The number of nitrogens with zero attached hydrogens (tertiary/aromatic N) is 1. The molecule has 0 atom stereocenters. The number of methoxy groups -OCH3 is 1. The van der Waals surface area contributed by atoms with Gasteiger partial charge in [0, 0.05) is 25.2 Å². The van der Waals surface area contributed by atoms with Crippen molar-refractivity contribution < 1.29 is 17.9 Å². The molecule has 7 nitrogen and oxygen atoms in total. The van der Waals surface area contributed by atoms with Crippen molar-refractivity contribution in [2.45, 2.75) is 19.4 Å². The second-order valence-corrected chi connectivity index (χ2v) is 5.76. The average Bonchev–Trinajstić information content (AvgIpc) is 2.15. The molecular formula is C8H17N3O4S. The minimum Gasteiger partial charge on any atom is -0.452 e.